The molecule has 0 aliphatic carbocycles. The van der Waals surface area contributed by atoms with Crippen LogP contribution in [0.25, 0.3) is 11.2 Å². The van der Waals surface area contributed by atoms with Crippen LogP contribution in [0.3, 0.4) is 0 Å². The first kappa shape index (κ1) is 24.5. The van der Waals surface area contributed by atoms with Crippen LogP contribution in [0.15, 0.2) is 69.3 Å². The summed E-state index contributed by atoms with van der Waals surface area (Å²) < 4.78 is 9.61. The van der Waals surface area contributed by atoms with E-state index in [1.165, 1.54) is 18.7 Å². The fourth-order valence-corrected chi connectivity index (χ4v) is 4.61. The van der Waals surface area contributed by atoms with Gasteiger partial charge in [-0.2, -0.15) is 0 Å². The average Bonchev–Trinajstić information content (AvgIpc) is 3.22. The van der Waals surface area contributed by atoms with Crippen LogP contribution in [0.5, 0.6) is 5.75 Å². The highest BCUT2D eigenvalue weighted by Gasteiger charge is 2.22. The number of hydrogen-bond donors (Lipinski definition) is 1. The number of carbonyl (C=O) groups excluding carboxylic acids is 1. The predicted molar refractivity (Wildman–Crippen MR) is 134 cm³/mol. The maximum atomic E-state index is 13.0. The van der Waals surface area contributed by atoms with E-state index in [1.807, 2.05) is 37.3 Å². The Labute approximate surface area is 205 Å². The molecule has 0 radical (unpaired) electrons. The highest BCUT2D eigenvalue weighted by molar-refractivity contribution is 7.99. The molecule has 2 aromatic heterocycles. The molecule has 1 N–H and O–H groups in total. The molecule has 0 bridgehead atoms. The van der Waals surface area contributed by atoms with Crippen molar-refractivity contribution in [1.82, 2.24) is 18.7 Å². The van der Waals surface area contributed by atoms with Crippen LogP contribution in [0, 0.1) is 6.92 Å². The third-order valence-corrected chi connectivity index (χ3v) is 6.64. The van der Waals surface area contributed by atoms with Gasteiger partial charge in [0.15, 0.2) is 22.1 Å². The Morgan fingerprint density at radius 2 is 1.74 bits per heavy atom. The number of imidazole rings is 1. The van der Waals surface area contributed by atoms with Gasteiger partial charge < -0.3 is 14.4 Å². The number of fused-ring (bicyclic) bond motifs is 1. The number of aliphatic hydroxyl groups excluding tert-OH is 1. The number of Topliss-reactive ketones (excluding diaryl/α,β-unsaturated/α-hetero) is 1. The molecule has 182 valence electrons. The summed E-state index contributed by atoms with van der Waals surface area (Å²) in [5, 5.41) is 11.1. The number of hydrogen-bond acceptors (Lipinski definition) is 7. The molecule has 0 saturated heterocycles. The molecule has 0 amide bonds. The highest BCUT2D eigenvalue weighted by atomic mass is 32.2. The molecule has 0 unspecified atom stereocenters. The molecular formula is C25H26N4O5S. The van der Waals surface area contributed by atoms with Crippen LogP contribution in [-0.4, -0.2) is 48.0 Å². The van der Waals surface area contributed by atoms with E-state index in [4.69, 9.17) is 4.74 Å². The van der Waals surface area contributed by atoms with Crippen LogP contribution >= 0.6 is 11.8 Å². The molecule has 4 aromatic rings. The van der Waals surface area contributed by atoms with Crippen molar-refractivity contribution in [1.29, 1.82) is 0 Å². The van der Waals surface area contributed by atoms with Gasteiger partial charge in [-0.3, -0.25) is 18.7 Å². The minimum Gasteiger partial charge on any atom is -0.491 e. The molecule has 0 aliphatic rings. The number of nitrogens with zero attached hydrogens (tertiary/aromatic N) is 4. The Morgan fingerprint density at radius 3 is 2.46 bits per heavy atom. The summed E-state index contributed by atoms with van der Waals surface area (Å²) in [6.07, 6.45) is -0.974. The number of benzene rings is 2. The Balaban J connectivity index is 1.65. The number of aliphatic hydroxyl groups is 1. The summed E-state index contributed by atoms with van der Waals surface area (Å²) in [6, 6.07) is 16.4. The Hall–Kier alpha value is -3.63. The third kappa shape index (κ3) is 5.08. The minimum absolute atomic E-state index is 0.00230. The summed E-state index contributed by atoms with van der Waals surface area (Å²) in [4.78, 5) is 42.6. The smallest absolute Gasteiger partial charge is 0.332 e. The van der Waals surface area contributed by atoms with Crippen molar-refractivity contribution in [3.05, 3.63) is 86.6 Å². The highest BCUT2D eigenvalue weighted by Crippen LogP contribution is 2.24. The molecule has 0 aliphatic heterocycles. The van der Waals surface area contributed by atoms with Crippen LogP contribution in [0.2, 0.25) is 0 Å². The van der Waals surface area contributed by atoms with Crippen molar-refractivity contribution in [2.75, 3.05) is 12.4 Å². The zero-order valence-electron chi connectivity index (χ0n) is 19.7. The van der Waals surface area contributed by atoms with Gasteiger partial charge in [0.25, 0.3) is 5.56 Å². The lowest BCUT2D eigenvalue weighted by Crippen LogP contribution is -2.38. The van der Waals surface area contributed by atoms with Gasteiger partial charge in [-0.25, -0.2) is 9.78 Å². The van der Waals surface area contributed by atoms with Crippen molar-refractivity contribution in [3.8, 4) is 5.75 Å². The lowest BCUT2D eigenvalue weighted by Gasteiger charge is -2.16. The molecule has 0 spiro atoms. The number of para-hydroxylation sites is 1. The molecule has 9 nitrogen and oxygen atoms in total. The quantitative estimate of drug-likeness (QED) is 0.281. The van der Waals surface area contributed by atoms with Crippen molar-refractivity contribution >= 4 is 28.7 Å². The first-order valence-corrected chi connectivity index (χ1v) is 12.0. The molecule has 2 heterocycles. The van der Waals surface area contributed by atoms with Crippen molar-refractivity contribution in [2.45, 2.75) is 24.7 Å². The molecule has 2 aromatic carbocycles. The molecule has 10 heteroatoms. The zero-order chi connectivity index (χ0) is 25.1. The largest absolute Gasteiger partial charge is 0.491 e. The Kier molecular flexibility index (Phi) is 7.23. The van der Waals surface area contributed by atoms with E-state index >= 15 is 0 Å². The average molecular weight is 495 g/mol. The number of ether oxygens (including phenoxy) is 1. The van der Waals surface area contributed by atoms with Gasteiger partial charge in [-0.15, -0.1) is 0 Å². The third-order valence-electron chi connectivity index (χ3n) is 5.66. The van der Waals surface area contributed by atoms with Gasteiger partial charge in [-0.05, 0) is 18.6 Å². The van der Waals surface area contributed by atoms with Gasteiger partial charge in [-0.1, -0.05) is 60.3 Å². The van der Waals surface area contributed by atoms with Crippen LogP contribution in [0.1, 0.15) is 15.9 Å². The molecule has 1 atom stereocenters. The Morgan fingerprint density at radius 1 is 1.06 bits per heavy atom. The van der Waals surface area contributed by atoms with Crippen molar-refractivity contribution in [2.24, 2.45) is 14.1 Å². The summed E-state index contributed by atoms with van der Waals surface area (Å²) in [7, 11) is 2.92. The van der Waals surface area contributed by atoms with E-state index in [2.05, 4.69) is 4.98 Å². The summed E-state index contributed by atoms with van der Waals surface area (Å²) in [6.45, 7) is 1.90. The van der Waals surface area contributed by atoms with E-state index in [1.54, 1.807) is 28.8 Å². The van der Waals surface area contributed by atoms with Crippen LogP contribution in [-0.2, 0) is 20.6 Å². The maximum Gasteiger partial charge on any atom is 0.332 e. The first-order chi connectivity index (χ1) is 16.8. The van der Waals surface area contributed by atoms with Crippen molar-refractivity contribution < 1.29 is 14.6 Å². The number of thioether (sulfide) groups is 1. The molecule has 35 heavy (non-hydrogen) atoms. The fraction of sp³-hybridized carbons (Fsp3) is 0.280. The second kappa shape index (κ2) is 10.3. The standard InChI is InChI=1S/C25H26N4O5S/c1-16-9-7-8-12-20(16)34-14-18(30)13-29-21-22(27(2)25(33)28(3)23(21)32)26-24(29)35-15-19(31)17-10-5-4-6-11-17/h4-12,18,30H,13-15H2,1-3H3/t18-/m0/s1. The Bertz CT molecular complexity index is 1490. The predicted octanol–water partition coefficient (Wildman–Crippen LogP) is 2.16. The lowest BCUT2D eigenvalue weighted by molar-refractivity contribution is 0.0910. The topological polar surface area (TPSA) is 108 Å². The van der Waals surface area contributed by atoms with Gasteiger partial charge in [0.05, 0.1) is 12.3 Å². The molecule has 0 saturated carbocycles. The monoisotopic (exact) mass is 494 g/mol. The molecule has 0 fully saturated rings. The summed E-state index contributed by atoms with van der Waals surface area (Å²) in [5.41, 5.74) is 0.847. The van der Waals surface area contributed by atoms with E-state index in [0.717, 1.165) is 21.9 Å². The fourth-order valence-electron chi connectivity index (χ4n) is 3.71. The molecule has 4 rings (SSSR count). The maximum absolute atomic E-state index is 13.0. The second-order valence-electron chi connectivity index (χ2n) is 8.19. The zero-order valence-corrected chi connectivity index (χ0v) is 20.5. The van der Waals surface area contributed by atoms with Gasteiger partial charge >= 0.3 is 5.69 Å². The van der Waals surface area contributed by atoms with Gasteiger partial charge in [0.2, 0.25) is 0 Å². The van der Waals surface area contributed by atoms with Crippen LogP contribution < -0.4 is 16.0 Å². The summed E-state index contributed by atoms with van der Waals surface area (Å²) in [5.74, 6) is 0.639. The number of aryl methyl sites for hydroxylation is 2. The second-order valence-corrected chi connectivity index (χ2v) is 9.13. The first-order valence-electron chi connectivity index (χ1n) is 11.0. The van der Waals surface area contributed by atoms with Gasteiger partial charge in [0, 0.05) is 19.7 Å². The number of carbonyl (C=O) groups is 1. The van der Waals surface area contributed by atoms with E-state index in [-0.39, 0.29) is 35.9 Å². The lowest BCUT2D eigenvalue weighted by atomic mass is 10.2. The van der Waals surface area contributed by atoms with E-state index < -0.39 is 17.4 Å². The van der Waals surface area contributed by atoms with Crippen molar-refractivity contribution in [3.63, 3.8) is 0 Å². The minimum atomic E-state index is -0.974. The normalized spacial score (nSPS) is 12.1. The van der Waals surface area contributed by atoms with Crippen LogP contribution in [0.4, 0.5) is 0 Å². The number of ketones is 1. The summed E-state index contributed by atoms with van der Waals surface area (Å²) >= 11 is 1.15. The van der Waals surface area contributed by atoms with E-state index in [9.17, 15) is 19.5 Å². The number of aromatic nitrogens is 4. The molecular weight excluding hydrogens is 468 g/mol. The van der Waals surface area contributed by atoms with Gasteiger partial charge in [0.1, 0.15) is 18.5 Å². The van der Waals surface area contributed by atoms with E-state index in [0.29, 0.717) is 16.5 Å². The number of rotatable bonds is 9. The SMILES string of the molecule is Cc1ccccc1OC[C@@H](O)Cn1c(SCC(=O)c2ccccc2)nc2c1c(=O)n(C)c(=O)n2C.